The summed E-state index contributed by atoms with van der Waals surface area (Å²) in [4.78, 5) is 16.4. The van der Waals surface area contributed by atoms with Gasteiger partial charge < -0.3 is 9.73 Å². The van der Waals surface area contributed by atoms with Crippen molar-refractivity contribution < 1.29 is 9.21 Å². The molecule has 0 bridgehead atoms. The minimum absolute atomic E-state index is 0.0715. The Hall–Kier alpha value is -2.31. The van der Waals surface area contributed by atoms with Crippen molar-refractivity contribution in [1.82, 2.24) is 20.1 Å². The summed E-state index contributed by atoms with van der Waals surface area (Å²) in [5.74, 6) is 1.74. The number of urea groups is 1. The molecule has 1 saturated carbocycles. The first-order valence-electron chi connectivity index (χ1n) is 7.86. The van der Waals surface area contributed by atoms with Crippen molar-refractivity contribution >= 4 is 11.8 Å². The number of carbonyl (C=O) groups excluding carboxylic acids is 1. The second-order valence-electron chi connectivity index (χ2n) is 7.04. The summed E-state index contributed by atoms with van der Waals surface area (Å²) in [6.45, 7) is 6.44. The fourth-order valence-corrected chi connectivity index (χ4v) is 2.24. The summed E-state index contributed by atoms with van der Waals surface area (Å²) in [5.41, 5.74) is 1.85. The Kier molecular flexibility index (Phi) is 3.87. The van der Waals surface area contributed by atoms with Crippen LogP contribution in [0.2, 0.25) is 0 Å². The first-order valence-corrected chi connectivity index (χ1v) is 7.86. The molecule has 7 nitrogen and oxygen atoms in total. The number of hydrogen-bond donors (Lipinski definition) is 2. The molecule has 7 heteroatoms. The quantitative estimate of drug-likeness (QED) is 0.908. The largest absolute Gasteiger partial charge is 0.447 e. The van der Waals surface area contributed by atoms with E-state index in [0.717, 1.165) is 11.4 Å². The Bertz CT molecular complexity index is 706. The Balaban J connectivity index is 1.54. The van der Waals surface area contributed by atoms with E-state index in [1.165, 1.54) is 12.8 Å². The Morgan fingerprint density at radius 1 is 1.43 bits per heavy atom. The number of nitrogens with zero attached hydrogens (tertiary/aromatic N) is 3. The van der Waals surface area contributed by atoms with Crippen LogP contribution < -0.4 is 10.6 Å². The molecule has 2 N–H and O–H groups in total. The van der Waals surface area contributed by atoms with E-state index in [-0.39, 0.29) is 18.0 Å². The smallest absolute Gasteiger partial charge is 0.320 e. The second kappa shape index (κ2) is 5.72. The van der Waals surface area contributed by atoms with Crippen LogP contribution in [0, 0.1) is 0 Å². The zero-order chi connectivity index (χ0) is 16.6. The van der Waals surface area contributed by atoms with Crippen LogP contribution >= 0.6 is 0 Å². The van der Waals surface area contributed by atoms with Crippen LogP contribution in [0.4, 0.5) is 10.6 Å². The van der Waals surface area contributed by atoms with Gasteiger partial charge in [0.05, 0.1) is 17.9 Å². The highest BCUT2D eigenvalue weighted by Crippen LogP contribution is 2.39. The molecule has 0 aromatic carbocycles. The van der Waals surface area contributed by atoms with Crippen LogP contribution in [-0.4, -0.2) is 20.8 Å². The van der Waals surface area contributed by atoms with E-state index < -0.39 is 0 Å². The lowest BCUT2D eigenvalue weighted by molar-refractivity contribution is 0.250. The third-order valence-electron chi connectivity index (χ3n) is 3.86. The number of carbonyl (C=O) groups is 1. The number of hydrogen-bond acceptors (Lipinski definition) is 4. The summed E-state index contributed by atoms with van der Waals surface area (Å²) in [6.07, 6.45) is 4.00. The standard InChI is InChI=1S/C16H23N5O2/c1-16(2,3)12-9-23-14(18-12)8-17-15(22)19-13-7-11(10-5-6-10)20-21(13)4/h7,9-10H,5-6,8H2,1-4H3,(H2,17,19,22). The predicted octanol–water partition coefficient (Wildman–Crippen LogP) is 2.90. The van der Waals surface area contributed by atoms with Gasteiger partial charge in [-0.3, -0.25) is 10.00 Å². The number of aryl methyl sites for hydroxylation is 1. The fourth-order valence-electron chi connectivity index (χ4n) is 2.24. The van der Waals surface area contributed by atoms with Gasteiger partial charge in [-0.1, -0.05) is 20.8 Å². The first-order chi connectivity index (χ1) is 10.8. The average Bonchev–Trinajstić information content (AvgIpc) is 3.08. The maximum absolute atomic E-state index is 12.0. The third kappa shape index (κ3) is 3.72. The van der Waals surface area contributed by atoms with Gasteiger partial charge in [-0.05, 0) is 12.8 Å². The number of anilines is 1. The Morgan fingerprint density at radius 2 is 2.17 bits per heavy atom. The van der Waals surface area contributed by atoms with Crippen molar-refractivity contribution in [2.24, 2.45) is 7.05 Å². The van der Waals surface area contributed by atoms with E-state index in [1.807, 2.05) is 13.1 Å². The van der Waals surface area contributed by atoms with Gasteiger partial charge in [0.1, 0.15) is 12.1 Å². The van der Waals surface area contributed by atoms with Crippen molar-refractivity contribution in [1.29, 1.82) is 0 Å². The van der Waals surface area contributed by atoms with Gasteiger partial charge in [-0.25, -0.2) is 9.78 Å². The molecule has 2 aromatic rings. The molecule has 124 valence electrons. The molecule has 0 unspecified atom stereocenters. The molecule has 1 aliphatic carbocycles. The molecular weight excluding hydrogens is 294 g/mol. The molecule has 0 spiro atoms. The van der Waals surface area contributed by atoms with Crippen LogP contribution in [0.5, 0.6) is 0 Å². The monoisotopic (exact) mass is 317 g/mol. The second-order valence-corrected chi connectivity index (χ2v) is 7.04. The van der Waals surface area contributed by atoms with Crippen LogP contribution in [0.15, 0.2) is 16.7 Å². The molecule has 3 rings (SSSR count). The molecule has 1 aliphatic rings. The van der Waals surface area contributed by atoms with Gasteiger partial charge in [-0.2, -0.15) is 5.10 Å². The summed E-state index contributed by atoms with van der Waals surface area (Å²) in [7, 11) is 1.82. The zero-order valence-corrected chi connectivity index (χ0v) is 14.0. The molecule has 0 atom stereocenters. The van der Waals surface area contributed by atoms with E-state index in [1.54, 1.807) is 10.9 Å². The lowest BCUT2D eigenvalue weighted by Crippen LogP contribution is -2.29. The maximum Gasteiger partial charge on any atom is 0.320 e. The van der Waals surface area contributed by atoms with E-state index in [2.05, 4.69) is 41.5 Å². The van der Waals surface area contributed by atoms with Crippen molar-refractivity contribution in [2.75, 3.05) is 5.32 Å². The van der Waals surface area contributed by atoms with E-state index >= 15 is 0 Å². The first kappa shape index (κ1) is 15.6. The van der Waals surface area contributed by atoms with E-state index in [9.17, 15) is 4.79 Å². The van der Waals surface area contributed by atoms with Gasteiger partial charge in [-0.15, -0.1) is 0 Å². The average molecular weight is 317 g/mol. The highest BCUT2D eigenvalue weighted by Gasteiger charge is 2.27. The molecule has 0 radical (unpaired) electrons. The zero-order valence-electron chi connectivity index (χ0n) is 14.0. The van der Waals surface area contributed by atoms with Crippen molar-refractivity contribution in [2.45, 2.75) is 51.5 Å². The van der Waals surface area contributed by atoms with Crippen LogP contribution in [0.3, 0.4) is 0 Å². The number of amides is 2. The Morgan fingerprint density at radius 3 is 2.78 bits per heavy atom. The van der Waals surface area contributed by atoms with Crippen LogP contribution in [0.1, 0.15) is 56.8 Å². The maximum atomic E-state index is 12.0. The number of oxazole rings is 1. The van der Waals surface area contributed by atoms with Gasteiger partial charge in [0.2, 0.25) is 5.89 Å². The molecule has 0 aliphatic heterocycles. The predicted molar refractivity (Wildman–Crippen MR) is 86.2 cm³/mol. The number of rotatable bonds is 4. The van der Waals surface area contributed by atoms with E-state index in [4.69, 9.17) is 4.42 Å². The lowest BCUT2D eigenvalue weighted by atomic mass is 9.93. The third-order valence-corrected chi connectivity index (χ3v) is 3.86. The van der Waals surface area contributed by atoms with Crippen molar-refractivity contribution in [3.63, 3.8) is 0 Å². The van der Waals surface area contributed by atoms with Gasteiger partial charge >= 0.3 is 6.03 Å². The summed E-state index contributed by atoms with van der Waals surface area (Å²) >= 11 is 0. The minimum atomic E-state index is -0.300. The normalized spacial score (nSPS) is 14.8. The molecule has 2 amide bonds. The molecule has 2 aromatic heterocycles. The topological polar surface area (TPSA) is 85.0 Å². The highest BCUT2D eigenvalue weighted by molar-refractivity contribution is 5.88. The number of aromatic nitrogens is 3. The van der Waals surface area contributed by atoms with Crippen molar-refractivity contribution in [3.8, 4) is 0 Å². The highest BCUT2D eigenvalue weighted by atomic mass is 16.3. The van der Waals surface area contributed by atoms with Crippen molar-refractivity contribution in [3.05, 3.63) is 29.6 Å². The SMILES string of the molecule is Cn1nc(C2CC2)cc1NC(=O)NCc1nc(C(C)(C)C)co1. The lowest BCUT2D eigenvalue weighted by Gasteiger charge is -2.13. The van der Waals surface area contributed by atoms with Crippen LogP contribution in [0.25, 0.3) is 0 Å². The minimum Gasteiger partial charge on any atom is -0.447 e. The van der Waals surface area contributed by atoms with E-state index in [0.29, 0.717) is 17.6 Å². The number of nitrogens with one attached hydrogen (secondary N) is 2. The van der Waals surface area contributed by atoms with Gasteiger partial charge in [0.25, 0.3) is 0 Å². The van der Waals surface area contributed by atoms with Crippen LogP contribution in [-0.2, 0) is 19.0 Å². The van der Waals surface area contributed by atoms with Gasteiger partial charge in [0, 0.05) is 24.4 Å². The van der Waals surface area contributed by atoms with Gasteiger partial charge in [0.15, 0.2) is 0 Å². The fraction of sp³-hybridized carbons (Fsp3) is 0.562. The summed E-state index contributed by atoms with van der Waals surface area (Å²) in [6, 6.07) is 1.63. The summed E-state index contributed by atoms with van der Waals surface area (Å²) < 4.78 is 7.08. The molecule has 1 fully saturated rings. The molecule has 23 heavy (non-hydrogen) atoms. The molecular formula is C16H23N5O2. The molecule has 2 heterocycles. The molecule has 0 saturated heterocycles. The summed E-state index contributed by atoms with van der Waals surface area (Å²) in [5, 5.41) is 9.97. The Labute approximate surface area is 135 Å².